The average molecular weight is 263 g/mol. The van der Waals surface area contributed by atoms with Crippen molar-refractivity contribution in [2.45, 2.75) is 19.4 Å². The number of rotatable bonds is 4. The third kappa shape index (κ3) is 6.18. The first-order chi connectivity index (χ1) is 7.49. The summed E-state index contributed by atoms with van der Waals surface area (Å²) in [6, 6.07) is 5.24. The number of nitrogens with one attached hydrogen (secondary N) is 1. The molecule has 0 aromatic heterocycles. The molecule has 5 nitrogen and oxygen atoms in total. The maximum absolute atomic E-state index is 10.8. The molecule has 0 fully saturated rings. The van der Waals surface area contributed by atoms with E-state index in [1.165, 1.54) is 19.1 Å². The molecular weight excluding hydrogens is 249 g/mol. The Morgan fingerprint density at radius 1 is 1.35 bits per heavy atom. The fourth-order valence-electron chi connectivity index (χ4n) is 1.31. The minimum Gasteiger partial charge on any atom is -1.00 e. The van der Waals surface area contributed by atoms with Crippen molar-refractivity contribution in [1.29, 1.82) is 0 Å². The zero-order chi connectivity index (χ0) is 12.1. The molecule has 0 aliphatic heterocycles. The second-order valence-electron chi connectivity index (χ2n) is 3.46. The van der Waals surface area contributed by atoms with E-state index in [2.05, 4.69) is 5.32 Å². The number of benzene rings is 1. The number of hydrogen-bond acceptors (Lipinski definition) is 3. The van der Waals surface area contributed by atoms with Crippen LogP contribution in [0.2, 0.25) is 0 Å². The number of carbonyl (C=O) groups is 2. The number of phenolic OH excluding ortho intramolecular Hbond substituents is 1. The van der Waals surface area contributed by atoms with Crippen molar-refractivity contribution < 1.29 is 72.6 Å². The Morgan fingerprint density at radius 3 is 2.29 bits per heavy atom. The second-order valence-corrected chi connectivity index (χ2v) is 3.46. The number of phenols is 1. The fraction of sp³-hybridized carbons (Fsp3) is 0.273. The molecule has 0 saturated heterocycles. The van der Waals surface area contributed by atoms with Gasteiger partial charge in [-0.05, 0) is 17.7 Å². The third-order valence-electron chi connectivity index (χ3n) is 2.05. The molecule has 1 rings (SSSR count). The first-order valence-corrected chi connectivity index (χ1v) is 4.77. The van der Waals surface area contributed by atoms with Gasteiger partial charge in [-0.2, -0.15) is 0 Å². The Labute approximate surface area is 143 Å². The van der Waals surface area contributed by atoms with E-state index in [9.17, 15) is 9.59 Å². The molecule has 1 aromatic carbocycles. The van der Waals surface area contributed by atoms with Crippen molar-refractivity contribution in [3.05, 3.63) is 29.8 Å². The van der Waals surface area contributed by atoms with Crippen molar-refractivity contribution in [1.82, 2.24) is 5.32 Å². The third-order valence-corrected chi connectivity index (χ3v) is 2.05. The summed E-state index contributed by atoms with van der Waals surface area (Å²) >= 11 is 0. The number of hydrogen-bond donors (Lipinski definition) is 3. The summed E-state index contributed by atoms with van der Waals surface area (Å²) in [6.07, 6.45) is 0.190. The van der Waals surface area contributed by atoms with Crippen LogP contribution in [0.5, 0.6) is 5.75 Å². The predicted octanol–water partition coefficient (Wildman–Crippen LogP) is -2.36. The molecule has 1 atom stereocenters. The van der Waals surface area contributed by atoms with E-state index in [1.54, 1.807) is 12.1 Å². The van der Waals surface area contributed by atoms with Crippen LogP contribution in [0.15, 0.2) is 24.3 Å². The number of carboxylic acid groups (broad SMARTS) is 1. The van der Waals surface area contributed by atoms with E-state index in [0.717, 1.165) is 5.56 Å². The van der Waals surface area contributed by atoms with Gasteiger partial charge in [-0.15, -0.1) is 0 Å². The Morgan fingerprint density at radius 2 is 1.88 bits per heavy atom. The Balaban J connectivity index is 0. The van der Waals surface area contributed by atoms with Gasteiger partial charge in [-0.1, -0.05) is 12.1 Å². The molecule has 0 saturated carbocycles. The molecule has 0 bridgehead atoms. The van der Waals surface area contributed by atoms with Crippen LogP contribution in [-0.4, -0.2) is 28.1 Å². The molecule has 0 aliphatic rings. The van der Waals surface area contributed by atoms with Gasteiger partial charge in [0.25, 0.3) is 0 Å². The molecule has 1 aromatic rings. The summed E-state index contributed by atoms with van der Waals surface area (Å²) in [4.78, 5) is 21.6. The van der Waals surface area contributed by atoms with E-state index >= 15 is 0 Å². The number of carbonyl (C=O) groups excluding carboxylic acids is 1. The van der Waals surface area contributed by atoms with Crippen molar-refractivity contribution in [2.75, 3.05) is 0 Å². The van der Waals surface area contributed by atoms with Crippen molar-refractivity contribution >= 4 is 11.9 Å². The van der Waals surface area contributed by atoms with Crippen LogP contribution in [0.4, 0.5) is 0 Å². The number of aliphatic carboxylic acids is 1. The minimum atomic E-state index is -1.08. The van der Waals surface area contributed by atoms with Crippen LogP contribution >= 0.6 is 0 Å². The number of carboxylic acids is 1. The molecule has 1 amide bonds. The quantitative estimate of drug-likeness (QED) is 0.530. The molecule has 88 valence electrons. The van der Waals surface area contributed by atoms with Gasteiger partial charge in [-0.3, -0.25) is 4.79 Å². The van der Waals surface area contributed by atoms with Gasteiger partial charge in [0, 0.05) is 13.3 Å². The van der Waals surface area contributed by atoms with Crippen LogP contribution in [0.1, 0.15) is 13.9 Å². The standard InChI is InChI=1S/C11H13NO4.K.H/c1-7(13)12-10(11(15)16)6-8-2-4-9(14)5-3-8;;/h2-5,10,14H,6H2,1H3,(H,12,13)(H,15,16);;/q;+1;-1. The first-order valence-electron chi connectivity index (χ1n) is 4.77. The van der Waals surface area contributed by atoms with E-state index in [4.69, 9.17) is 10.2 Å². The van der Waals surface area contributed by atoms with E-state index in [1.807, 2.05) is 0 Å². The zero-order valence-electron chi connectivity index (χ0n) is 10.8. The molecule has 1 unspecified atom stereocenters. The molecule has 0 radical (unpaired) electrons. The van der Waals surface area contributed by atoms with Crippen LogP contribution in [-0.2, 0) is 16.0 Å². The fourth-order valence-corrected chi connectivity index (χ4v) is 1.31. The number of aromatic hydroxyl groups is 1. The van der Waals surface area contributed by atoms with Crippen molar-refractivity contribution in [2.24, 2.45) is 0 Å². The molecule has 3 N–H and O–H groups in total. The van der Waals surface area contributed by atoms with Gasteiger partial charge in [0.05, 0.1) is 0 Å². The predicted molar refractivity (Wildman–Crippen MR) is 58.2 cm³/mol. The van der Waals surface area contributed by atoms with E-state index in [0.29, 0.717) is 0 Å². The Bertz CT molecular complexity index is 397. The largest absolute Gasteiger partial charge is 1.00 e. The topological polar surface area (TPSA) is 86.6 Å². The first kappa shape index (κ1) is 16.6. The Hall–Kier alpha value is -0.404. The van der Waals surface area contributed by atoms with E-state index in [-0.39, 0.29) is 70.9 Å². The smallest absolute Gasteiger partial charge is 1.00 e. The van der Waals surface area contributed by atoms with Gasteiger partial charge in [0.15, 0.2) is 0 Å². The molecular formula is C11H14KNO4. The monoisotopic (exact) mass is 263 g/mol. The average Bonchev–Trinajstić information content (AvgIpc) is 2.19. The van der Waals surface area contributed by atoms with Gasteiger partial charge in [0.2, 0.25) is 5.91 Å². The van der Waals surface area contributed by atoms with Crippen LogP contribution in [0.3, 0.4) is 0 Å². The van der Waals surface area contributed by atoms with Gasteiger partial charge in [0.1, 0.15) is 11.8 Å². The summed E-state index contributed by atoms with van der Waals surface area (Å²) in [5.74, 6) is -1.34. The number of amides is 1. The summed E-state index contributed by atoms with van der Waals surface area (Å²) < 4.78 is 0. The van der Waals surface area contributed by atoms with Crippen molar-refractivity contribution in [3.8, 4) is 5.75 Å². The molecule has 6 heteroatoms. The van der Waals surface area contributed by atoms with Crippen molar-refractivity contribution in [3.63, 3.8) is 0 Å². The SMILES string of the molecule is CC(=O)NC(Cc1ccc(O)cc1)C(=O)O.[H-].[K+]. The molecule has 0 aliphatic carbocycles. The van der Waals surface area contributed by atoms with Crippen LogP contribution in [0, 0.1) is 0 Å². The Kier molecular flexibility index (Phi) is 7.65. The minimum absolute atomic E-state index is 0. The summed E-state index contributed by atoms with van der Waals surface area (Å²) in [5, 5.41) is 20.3. The normalized spacial score (nSPS) is 11.1. The van der Waals surface area contributed by atoms with Gasteiger partial charge < -0.3 is 17.0 Å². The summed E-state index contributed by atoms with van der Waals surface area (Å²) in [6.45, 7) is 1.27. The molecule has 0 spiro atoms. The summed E-state index contributed by atoms with van der Waals surface area (Å²) in [7, 11) is 0. The second kappa shape index (κ2) is 7.83. The van der Waals surface area contributed by atoms with E-state index < -0.39 is 12.0 Å². The zero-order valence-corrected chi connectivity index (χ0v) is 12.9. The maximum Gasteiger partial charge on any atom is 1.00 e. The van der Waals surface area contributed by atoms with Gasteiger partial charge in [-0.25, -0.2) is 4.79 Å². The maximum atomic E-state index is 10.8. The summed E-state index contributed by atoms with van der Waals surface area (Å²) in [5.41, 5.74) is 0.735. The van der Waals surface area contributed by atoms with Crippen LogP contribution in [0.25, 0.3) is 0 Å². The van der Waals surface area contributed by atoms with Crippen LogP contribution < -0.4 is 56.7 Å². The van der Waals surface area contributed by atoms with Gasteiger partial charge >= 0.3 is 57.4 Å². The molecule has 0 heterocycles. The molecule has 17 heavy (non-hydrogen) atoms.